The van der Waals surface area contributed by atoms with E-state index in [0.29, 0.717) is 37.7 Å². The summed E-state index contributed by atoms with van der Waals surface area (Å²) in [6, 6.07) is 22.7. The number of rotatable bonds is 6. The molecule has 0 atom stereocenters. The van der Waals surface area contributed by atoms with Crippen LogP contribution in [0.15, 0.2) is 90.0 Å². The van der Waals surface area contributed by atoms with Crippen molar-refractivity contribution in [1.82, 2.24) is 9.55 Å². The second-order valence-electron chi connectivity index (χ2n) is 7.90. The molecule has 0 spiro atoms. The molecule has 35 heavy (non-hydrogen) atoms. The molecule has 3 aromatic carbocycles. The number of amides is 1. The van der Waals surface area contributed by atoms with Crippen LogP contribution in [0.3, 0.4) is 0 Å². The van der Waals surface area contributed by atoms with Gasteiger partial charge in [0.2, 0.25) is 0 Å². The van der Waals surface area contributed by atoms with Gasteiger partial charge in [-0.2, -0.15) is 0 Å². The van der Waals surface area contributed by atoms with E-state index < -0.39 is 0 Å². The van der Waals surface area contributed by atoms with Crippen LogP contribution >= 0.6 is 11.3 Å². The van der Waals surface area contributed by atoms with Gasteiger partial charge in [-0.15, -0.1) is 11.3 Å². The van der Waals surface area contributed by atoms with Crippen LogP contribution in [0.1, 0.15) is 20.8 Å². The molecule has 0 aliphatic heterocycles. The summed E-state index contributed by atoms with van der Waals surface area (Å²) in [4.78, 5) is 31.3. The largest absolute Gasteiger partial charge is 0.457 e. The number of halogens is 1. The van der Waals surface area contributed by atoms with E-state index in [9.17, 15) is 14.0 Å². The first kappa shape index (κ1) is 22.5. The quantitative estimate of drug-likeness (QED) is 0.320. The van der Waals surface area contributed by atoms with Gasteiger partial charge in [-0.05, 0) is 55.0 Å². The van der Waals surface area contributed by atoms with Crippen molar-refractivity contribution in [1.29, 1.82) is 0 Å². The molecular weight excluding hydrogens is 465 g/mol. The Labute approximate surface area is 204 Å². The number of benzene rings is 3. The summed E-state index contributed by atoms with van der Waals surface area (Å²) in [6.07, 6.45) is 1.39. The number of anilines is 1. The standard InChI is InChI=1S/C27H20FN3O3S/c1-17-23-26(29-16-31(27(23)33)15-18-7-5-6-10-22(18)28)35-24(17)25(32)30-19-11-13-21(14-12-19)34-20-8-3-2-4-9-20/h2-14,16H,15H2,1H3,(H,30,32). The normalized spacial score (nSPS) is 10.9. The summed E-state index contributed by atoms with van der Waals surface area (Å²) in [5.74, 6) is 0.647. The Morgan fingerprint density at radius 2 is 1.69 bits per heavy atom. The second kappa shape index (κ2) is 9.52. The van der Waals surface area contributed by atoms with Crippen LogP contribution in [0.5, 0.6) is 11.5 Å². The van der Waals surface area contributed by atoms with Crippen molar-refractivity contribution in [2.45, 2.75) is 13.5 Å². The third-order valence-corrected chi connectivity index (χ3v) is 6.71. The van der Waals surface area contributed by atoms with Crippen molar-refractivity contribution in [3.63, 3.8) is 0 Å². The minimum absolute atomic E-state index is 0.0582. The van der Waals surface area contributed by atoms with Crippen molar-refractivity contribution in [3.8, 4) is 11.5 Å². The van der Waals surface area contributed by atoms with E-state index in [-0.39, 0.29) is 23.8 Å². The highest BCUT2D eigenvalue weighted by Crippen LogP contribution is 2.28. The Morgan fingerprint density at radius 1 is 1.00 bits per heavy atom. The summed E-state index contributed by atoms with van der Waals surface area (Å²) in [6.45, 7) is 1.78. The Morgan fingerprint density at radius 3 is 2.43 bits per heavy atom. The number of para-hydroxylation sites is 1. The van der Waals surface area contributed by atoms with Crippen molar-refractivity contribution in [2.75, 3.05) is 5.32 Å². The molecule has 6 nitrogen and oxygen atoms in total. The molecule has 8 heteroatoms. The Hall–Kier alpha value is -4.30. The van der Waals surface area contributed by atoms with Gasteiger partial charge in [-0.25, -0.2) is 9.37 Å². The van der Waals surface area contributed by atoms with Gasteiger partial charge in [0.15, 0.2) is 0 Å². The first-order valence-corrected chi connectivity index (χ1v) is 11.7. The van der Waals surface area contributed by atoms with E-state index in [0.717, 1.165) is 17.1 Å². The molecule has 5 aromatic rings. The third kappa shape index (κ3) is 4.69. The summed E-state index contributed by atoms with van der Waals surface area (Å²) in [7, 11) is 0. The number of hydrogen-bond donors (Lipinski definition) is 1. The minimum atomic E-state index is -0.387. The van der Waals surface area contributed by atoms with Gasteiger partial charge in [0, 0.05) is 11.3 Å². The fourth-order valence-electron chi connectivity index (χ4n) is 3.72. The van der Waals surface area contributed by atoms with E-state index in [1.54, 1.807) is 49.4 Å². The van der Waals surface area contributed by atoms with Crippen molar-refractivity contribution < 1.29 is 13.9 Å². The molecular formula is C27H20FN3O3S. The van der Waals surface area contributed by atoms with E-state index in [4.69, 9.17) is 4.74 Å². The molecule has 2 heterocycles. The topological polar surface area (TPSA) is 73.2 Å². The summed E-state index contributed by atoms with van der Waals surface area (Å²) < 4.78 is 21.2. The predicted octanol–water partition coefficient (Wildman–Crippen LogP) is 6.00. The average molecular weight is 486 g/mol. The van der Waals surface area contributed by atoms with E-state index in [1.807, 2.05) is 30.3 Å². The number of fused-ring (bicyclic) bond motifs is 1. The zero-order chi connectivity index (χ0) is 24.4. The van der Waals surface area contributed by atoms with Gasteiger partial charge in [-0.3, -0.25) is 14.2 Å². The molecule has 0 aliphatic rings. The fourth-order valence-corrected chi connectivity index (χ4v) is 4.75. The lowest BCUT2D eigenvalue weighted by Gasteiger charge is -2.08. The molecule has 1 N–H and O–H groups in total. The number of carbonyl (C=O) groups excluding carboxylic acids is 1. The Kier molecular flexibility index (Phi) is 6.12. The molecule has 0 saturated heterocycles. The van der Waals surface area contributed by atoms with Gasteiger partial charge < -0.3 is 10.1 Å². The van der Waals surface area contributed by atoms with Gasteiger partial charge in [-0.1, -0.05) is 36.4 Å². The summed E-state index contributed by atoms with van der Waals surface area (Å²) in [5, 5.41) is 3.23. The van der Waals surface area contributed by atoms with Crippen LogP contribution in [0.2, 0.25) is 0 Å². The monoisotopic (exact) mass is 485 g/mol. The number of nitrogens with one attached hydrogen (secondary N) is 1. The molecule has 0 aliphatic carbocycles. The van der Waals surface area contributed by atoms with Crippen LogP contribution in [0.25, 0.3) is 10.2 Å². The number of thiophene rings is 1. The van der Waals surface area contributed by atoms with Crippen LogP contribution in [-0.4, -0.2) is 15.5 Å². The fraction of sp³-hybridized carbons (Fsp3) is 0.0741. The number of carbonyl (C=O) groups is 1. The number of hydrogen-bond acceptors (Lipinski definition) is 5. The van der Waals surface area contributed by atoms with E-state index in [1.165, 1.54) is 17.0 Å². The van der Waals surface area contributed by atoms with Gasteiger partial charge >= 0.3 is 0 Å². The molecule has 0 unspecified atom stereocenters. The van der Waals surface area contributed by atoms with Crippen LogP contribution in [0.4, 0.5) is 10.1 Å². The smallest absolute Gasteiger partial charge is 0.266 e. The first-order valence-electron chi connectivity index (χ1n) is 10.9. The number of nitrogens with zero attached hydrogens (tertiary/aromatic N) is 2. The van der Waals surface area contributed by atoms with Crippen LogP contribution in [0, 0.1) is 12.7 Å². The van der Waals surface area contributed by atoms with Crippen LogP contribution in [-0.2, 0) is 6.54 Å². The molecule has 0 fully saturated rings. The summed E-state index contributed by atoms with van der Waals surface area (Å²) in [5.41, 5.74) is 1.22. The molecule has 0 radical (unpaired) electrons. The zero-order valence-corrected chi connectivity index (χ0v) is 19.5. The molecule has 0 saturated carbocycles. The van der Waals surface area contributed by atoms with Gasteiger partial charge in [0.25, 0.3) is 11.5 Å². The molecule has 2 aromatic heterocycles. The summed E-state index contributed by atoms with van der Waals surface area (Å²) >= 11 is 1.15. The first-order chi connectivity index (χ1) is 17.0. The minimum Gasteiger partial charge on any atom is -0.457 e. The number of ether oxygens (including phenoxy) is 1. The number of aromatic nitrogens is 2. The number of aryl methyl sites for hydroxylation is 1. The van der Waals surface area contributed by atoms with Crippen LogP contribution < -0.4 is 15.6 Å². The maximum atomic E-state index is 14.1. The van der Waals surface area contributed by atoms with Gasteiger partial charge in [0.05, 0.1) is 23.1 Å². The molecule has 5 rings (SSSR count). The van der Waals surface area contributed by atoms with Crippen molar-refractivity contribution in [3.05, 3.63) is 117 Å². The van der Waals surface area contributed by atoms with E-state index in [2.05, 4.69) is 10.3 Å². The highest BCUT2D eigenvalue weighted by atomic mass is 32.1. The van der Waals surface area contributed by atoms with Crippen molar-refractivity contribution in [2.24, 2.45) is 0 Å². The Bertz CT molecular complexity index is 1580. The lowest BCUT2D eigenvalue weighted by molar-refractivity contribution is 0.103. The lowest BCUT2D eigenvalue weighted by Crippen LogP contribution is -2.21. The third-order valence-electron chi connectivity index (χ3n) is 5.51. The maximum absolute atomic E-state index is 14.1. The SMILES string of the molecule is Cc1c(C(=O)Nc2ccc(Oc3ccccc3)cc2)sc2ncn(Cc3ccccc3F)c(=O)c12. The maximum Gasteiger partial charge on any atom is 0.266 e. The van der Waals surface area contributed by atoms with E-state index >= 15 is 0 Å². The molecule has 174 valence electrons. The van der Waals surface area contributed by atoms with Crippen molar-refractivity contribution >= 4 is 33.1 Å². The molecule has 1 amide bonds. The zero-order valence-electron chi connectivity index (χ0n) is 18.7. The second-order valence-corrected chi connectivity index (χ2v) is 8.90. The highest BCUT2D eigenvalue weighted by molar-refractivity contribution is 7.20. The lowest BCUT2D eigenvalue weighted by atomic mass is 10.2. The Balaban J connectivity index is 1.36. The highest BCUT2D eigenvalue weighted by Gasteiger charge is 2.20. The average Bonchev–Trinajstić information content (AvgIpc) is 3.21. The van der Waals surface area contributed by atoms with Gasteiger partial charge in [0.1, 0.15) is 22.1 Å². The predicted molar refractivity (Wildman–Crippen MR) is 135 cm³/mol. The molecule has 0 bridgehead atoms.